The molecule has 0 bridgehead atoms. The summed E-state index contributed by atoms with van der Waals surface area (Å²) in [5.74, 6) is 0.587. The molecule has 0 atom stereocenters. The minimum atomic E-state index is -3.07. The molecule has 0 rings (SSSR count). The molecule has 0 spiro atoms. The molecule has 0 saturated carbocycles. The van der Waals surface area contributed by atoms with Gasteiger partial charge in [0.25, 0.3) is 0 Å². The lowest BCUT2D eigenvalue weighted by Gasteiger charge is -2.08. The number of rotatable bonds is 6. The number of hydrogen-bond donors (Lipinski definition) is 1. The summed E-state index contributed by atoms with van der Waals surface area (Å²) in [6.45, 7) is 3.81. The van der Waals surface area contributed by atoms with E-state index in [-0.39, 0.29) is 5.25 Å². The van der Waals surface area contributed by atoms with E-state index < -0.39 is 10.0 Å². The molecule has 0 aromatic rings. The van der Waals surface area contributed by atoms with Gasteiger partial charge in [0, 0.05) is 12.4 Å². The van der Waals surface area contributed by atoms with E-state index in [0.717, 1.165) is 12.8 Å². The van der Waals surface area contributed by atoms with Gasteiger partial charge in [-0.05, 0) is 26.7 Å². The summed E-state index contributed by atoms with van der Waals surface area (Å²) >= 11 is 5.44. The van der Waals surface area contributed by atoms with Gasteiger partial charge in [-0.1, -0.05) is 0 Å². The number of halogens is 1. The summed E-state index contributed by atoms with van der Waals surface area (Å²) in [5.41, 5.74) is 0. The molecule has 0 amide bonds. The summed E-state index contributed by atoms with van der Waals surface area (Å²) in [5, 5.41) is -0.353. The van der Waals surface area contributed by atoms with Crippen molar-refractivity contribution in [3.63, 3.8) is 0 Å². The molecule has 0 radical (unpaired) electrons. The zero-order chi connectivity index (χ0) is 9.61. The van der Waals surface area contributed by atoms with Gasteiger partial charge >= 0.3 is 0 Å². The first kappa shape index (κ1) is 12.2. The summed E-state index contributed by atoms with van der Waals surface area (Å²) < 4.78 is 24.8. The lowest BCUT2D eigenvalue weighted by molar-refractivity contribution is 0.569. The van der Waals surface area contributed by atoms with Crippen molar-refractivity contribution in [3.05, 3.63) is 0 Å². The van der Waals surface area contributed by atoms with Gasteiger partial charge in [-0.15, -0.1) is 11.6 Å². The lowest BCUT2D eigenvalue weighted by Crippen LogP contribution is -2.31. The Morgan fingerprint density at radius 2 is 1.92 bits per heavy atom. The fourth-order valence-corrected chi connectivity index (χ4v) is 1.55. The third-order valence-corrected chi connectivity index (χ3v) is 3.60. The number of sulfonamides is 1. The molecule has 0 aromatic heterocycles. The molecule has 0 aliphatic heterocycles. The molecule has 3 nitrogen and oxygen atoms in total. The topological polar surface area (TPSA) is 46.2 Å². The predicted molar refractivity (Wildman–Crippen MR) is 52.0 cm³/mol. The molecule has 0 aliphatic carbocycles. The Kier molecular flexibility index (Phi) is 5.88. The van der Waals surface area contributed by atoms with Crippen LogP contribution < -0.4 is 4.72 Å². The van der Waals surface area contributed by atoms with Crippen LogP contribution in [0.25, 0.3) is 0 Å². The molecule has 12 heavy (non-hydrogen) atoms. The average molecular weight is 214 g/mol. The maximum atomic E-state index is 11.1. The van der Waals surface area contributed by atoms with Gasteiger partial charge in [0.15, 0.2) is 0 Å². The van der Waals surface area contributed by atoms with Gasteiger partial charge < -0.3 is 0 Å². The highest BCUT2D eigenvalue weighted by Gasteiger charge is 2.13. The first-order valence-electron chi connectivity index (χ1n) is 4.05. The Bertz CT molecular complexity index is 201. The highest BCUT2D eigenvalue weighted by atomic mass is 35.5. The van der Waals surface area contributed by atoms with Crippen molar-refractivity contribution in [1.82, 2.24) is 4.72 Å². The minimum absolute atomic E-state index is 0.353. The van der Waals surface area contributed by atoms with E-state index in [9.17, 15) is 8.42 Å². The minimum Gasteiger partial charge on any atom is -0.215 e. The molecule has 0 aromatic carbocycles. The lowest BCUT2D eigenvalue weighted by atomic mass is 10.3. The third-order valence-electron chi connectivity index (χ3n) is 1.48. The predicted octanol–water partition coefficient (Wildman–Crippen LogP) is 1.33. The normalized spacial score (nSPS) is 12.3. The van der Waals surface area contributed by atoms with Crippen molar-refractivity contribution in [3.8, 4) is 0 Å². The summed E-state index contributed by atoms with van der Waals surface area (Å²) in [4.78, 5) is 0. The Balaban J connectivity index is 3.63. The average Bonchev–Trinajstić information content (AvgIpc) is 1.98. The highest BCUT2D eigenvalue weighted by Crippen LogP contribution is 1.97. The van der Waals surface area contributed by atoms with E-state index in [1.54, 1.807) is 13.8 Å². The first-order chi connectivity index (χ1) is 5.50. The van der Waals surface area contributed by atoms with Gasteiger partial charge in [-0.3, -0.25) is 0 Å². The van der Waals surface area contributed by atoms with Crippen LogP contribution in [-0.4, -0.2) is 26.1 Å². The van der Waals surface area contributed by atoms with Crippen molar-refractivity contribution in [2.45, 2.75) is 31.9 Å². The number of alkyl halides is 1. The second-order valence-corrected chi connectivity index (χ2v) is 5.58. The Labute approximate surface area is 79.5 Å². The van der Waals surface area contributed by atoms with Gasteiger partial charge in [0.1, 0.15) is 0 Å². The van der Waals surface area contributed by atoms with Crippen LogP contribution in [0.4, 0.5) is 0 Å². The fourth-order valence-electron chi connectivity index (χ4n) is 0.601. The molecule has 74 valence electrons. The zero-order valence-corrected chi connectivity index (χ0v) is 9.08. The van der Waals surface area contributed by atoms with Crippen molar-refractivity contribution < 1.29 is 8.42 Å². The first-order valence-corrected chi connectivity index (χ1v) is 6.13. The number of nitrogens with one attached hydrogen (secondary N) is 1. The molecular formula is C7H16ClNO2S. The highest BCUT2D eigenvalue weighted by molar-refractivity contribution is 7.90. The van der Waals surface area contributed by atoms with E-state index in [4.69, 9.17) is 11.6 Å². The molecule has 5 heteroatoms. The van der Waals surface area contributed by atoms with Gasteiger partial charge in [0.2, 0.25) is 10.0 Å². The van der Waals surface area contributed by atoms with Crippen LogP contribution in [0, 0.1) is 0 Å². The maximum absolute atomic E-state index is 11.1. The van der Waals surface area contributed by atoms with Crippen molar-refractivity contribution in [1.29, 1.82) is 0 Å². The van der Waals surface area contributed by atoms with Crippen LogP contribution in [0.3, 0.4) is 0 Å². The molecule has 0 unspecified atom stereocenters. The van der Waals surface area contributed by atoms with Crippen molar-refractivity contribution in [2.24, 2.45) is 0 Å². The Morgan fingerprint density at radius 3 is 2.33 bits per heavy atom. The van der Waals surface area contributed by atoms with Crippen LogP contribution in [0.5, 0.6) is 0 Å². The summed E-state index contributed by atoms with van der Waals surface area (Å²) in [6, 6.07) is 0. The molecular weight excluding hydrogens is 198 g/mol. The standard InChI is InChI=1S/C7H16ClNO2S/c1-7(2)12(10,11)9-6-4-3-5-8/h7,9H,3-6H2,1-2H3. The van der Waals surface area contributed by atoms with Crippen LogP contribution in [0.2, 0.25) is 0 Å². The largest absolute Gasteiger partial charge is 0.215 e. The van der Waals surface area contributed by atoms with Crippen LogP contribution in [0.15, 0.2) is 0 Å². The second-order valence-electron chi connectivity index (χ2n) is 2.88. The van der Waals surface area contributed by atoms with Gasteiger partial charge in [-0.25, -0.2) is 13.1 Å². The second kappa shape index (κ2) is 5.78. The molecule has 0 fully saturated rings. The molecule has 1 N–H and O–H groups in total. The zero-order valence-electron chi connectivity index (χ0n) is 7.51. The Hall–Kier alpha value is 0.200. The number of unbranched alkanes of at least 4 members (excludes halogenated alkanes) is 1. The fraction of sp³-hybridized carbons (Fsp3) is 1.00. The van der Waals surface area contributed by atoms with Crippen molar-refractivity contribution >= 4 is 21.6 Å². The molecule has 0 saturated heterocycles. The summed E-state index contributed by atoms with van der Waals surface area (Å²) in [6.07, 6.45) is 1.65. The summed E-state index contributed by atoms with van der Waals surface area (Å²) in [7, 11) is -3.07. The molecule has 0 heterocycles. The molecule has 0 aliphatic rings. The van der Waals surface area contributed by atoms with E-state index in [2.05, 4.69) is 4.72 Å². The smallest absolute Gasteiger partial charge is 0.213 e. The van der Waals surface area contributed by atoms with Gasteiger partial charge in [-0.2, -0.15) is 0 Å². The SMILES string of the molecule is CC(C)S(=O)(=O)NCCCCCl. The van der Waals surface area contributed by atoms with E-state index in [1.807, 2.05) is 0 Å². The quantitative estimate of drug-likeness (QED) is 0.535. The van der Waals surface area contributed by atoms with Crippen molar-refractivity contribution in [2.75, 3.05) is 12.4 Å². The van der Waals surface area contributed by atoms with Crippen LogP contribution >= 0.6 is 11.6 Å². The van der Waals surface area contributed by atoms with Gasteiger partial charge in [0.05, 0.1) is 5.25 Å². The third kappa shape index (κ3) is 4.95. The van der Waals surface area contributed by atoms with E-state index in [0.29, 0.717) is 12.4 Å². The van der Waals surface area contributed by atoms with Crippen LogP contribution in [-0.2, 0) is 10.0 Å². The number of hydrogen-bond acceptors (Lipinski definition) is 2. The van der Waals surface area contributed by atoms with E-state index >= 15 is 0 Å². The van der Waals surface area contributed by atoms with Crippen LogP contribution in [0.1, 0.15) is 26.7 Å². The maximum Gasteiger partial charge on any atom is 0.213 e. The Morgan fingerprint density at radius 1 is 1.33 bits per heavy atom. The van der Waals surface area contributed by atoms with E-state index in [1.165, 1.54) is 0 Å². The monoisotopic (exact) mass is 213 g/mol.